The van der Waals surface area contributed by atoms with E-state index in [0.29, 0.717) is 15.5 Å². The van der Waals surface area contributed by atoms with Crippen LogP contribution in [0.15, 0.2) is 28.0 Å². The number of hydrogen-bond donors (Lipinski definition) is 0. The standard InChI is InChI=1S/C10H7BrClF3S/c1-6-4-7-2-3-8(12)5-9(7)16(6,11)10(13,14)15/h2-5H,1H3. The molecule has 1 heterocycles. The van der Waals surface area contributed by atoms with Gasteiger partial charge in [-0.1, -0.05) is 17.7 Å². The van der Waals surface area contributed by atoms with E-state index >= 15 is 0 Å². The van der Waals surface area contributed by atoms with E-state index < -0.39 is 14.0 Å². The molecule has 0 nitrogen and oxygen atoms in total. The topological polar surface area (TPSA) is 0 Å². The van der Waals surface area contributed by atoms with Gasteiger partial charge in [0.05, 0.1) is 0 Å². The zero-order chi connectivity index (χ0) is 12.1. The second-order valence-corrected chi connectivity index (χ2v) is 9.39. The fourth-order valence-corrected chi connectivity index (χ4v) is 5.00. The summed E-state index contributed by atoms with van der Waals surface area (Å²) in [5.41, 5.74) is -3.71. The minimum absolute atomic E-state index is 0.241. The van der Waals surface area contributed by atoms with Gasteiger partial charge < -0.3 is 0 Å². The Labute approximate surface area is 105 Å². The molecule has 0 N–H and O–H groups in total. The maximum atomic E-state index is 13.1. The van der Waals surface area contributed by atoms with Crippen LogP contribution in [0.25, 0.3) is 6.08 Å². The van der Waals surface area contributed by atoms with Crippen LogP contribution < -0.4 is 0 Å². The number of halogens is 5. The molecule has 1 atom stereocenters. The normalized spacial score (nSPS) is 28.2. The Bertz CT molecular complexity index is 483. The quantitative estimate of drug-likeness (QED) is 0.571. The van der Waals surface area contributed by atoms with Crippen molar-refractivity contribution < 1.29 is 13.2 Å². The Morgan fingerprint density at radius 1 is 1.31 bits per heavy atom. The fraction of sp³-hybridized carbons (Fsp3) is 0.200. The van der Waals surface area contributed by atoms with Gasteiger partial charge in [-0.25, -0.2) is 0 Å². The van der Waals surface area contributed by atoms with Crippen LogP contribution >= 0.6 is 34.9 Å². The summed E-state index contributed by atoms with van der Waals surface area (Å²) in [7, 11) is -3.09. The third kappa shape index (κ3) is 1.60. The molecule has 88 valence electrons. The smallest absolute Gasteiger partial charge is 0.160 e. The molecule has 0 spiro atoms. The van der Waals surface area contributed by atoms with Gasteiger partial charge in [0.1, 0.15) is 0 Å². The molecule has 6 heteroatoms. The summed E-state index contributed by atoms with van der Waals surface area (Å²) in [5, 5.41) is 0.322. The summed E-state index contributed by atoms with van der Waals surface area (Å²) in [6.07, 6.45) is 1.56. The van der Waals surface area contributed by atoms with Crippen molar-refractivity contribution in [1.29, 1.82) is 0 Å². The number of benzene rings is 1. The molecule has 1 unspecified atom stereocenters. The molecular formula is C10H7BrClF3S. The van der Waals surface area contributed by atoms with E-state index in [1.165, 1.54) is 13.0 Å². The van der Waals surface area contributed by atoms with E-state index in [1.807, 2.05) is 0 Å². The predicted octanol–water partition coefficient (Wildman–Crippen LogP) is 5.71. The minimum Gasteiger partial charge on any atom is -0.160 e. The molecule has 0 saturated heterocycles. The largest absolute Gasteiger partial charge is 0.442 e. The van der Waals surface area contributed by atoms with E-state index in [9.17, 15) is 13.2 Å². The number of rotatable bonds is 0. The van der Waals surface area contributed by atoms with Crippen molar-refractivity contribution in [3.05, 3.63) is 33.7 Å². The molecule has 0 aliphatic carbocycles. The number of alkyl halides is 3. The highest BCUT2D eigenvalue weighted by Crippen LogP contribution is 2.80. The number of allylic oxidation sites excluding steroid dienone is 1. The van der Waals surface area contributed by atoms with Crippen molar-refractivity contribution in [2.24, 2.45) is 0 Å². The fourth-order valence-electron chi connectivity index (χ4n) is 1.65. The van der Waals surface area contributed by atoms with Crippen molar-refractivity contribution in [2.45, 2.75) is 17.3 Å². The average Bonchev–Trinajstić information content (AvgIpc) is 2.41. The molecule has 0 bridgehead atoms. The van der Waals surface area contributed by atoms with E-state index in [1.54, 1.807) is 18.2 Å². The van der Waals surface area contributed by atoms with Gasteiger partial charge >= 0.3 is 5.51 Å². The summed E-state index contributed by atoms with van der Waals surface area (Å²) in [6, 6.07) is 4.60. The van der Waals surface area contributed by atoms with E-state index in [0.717, 1.165) is 0 Å². The van der Waals surface area contributed by atoms with Gasteiger partial charge in [-0.15, -0.1) is 0 Å². The average molecular weight is 332 g/mol. The van der Waals surface area contributed by atoms with Crippen LogP contribution in [-0.4, -0.2) is 5.51 Å². The van der Waals surface area contributed by atoms with Gasteiger partial charge in [0.15, 0.2) is 0 Å². The third-order valence-electron chi connectivity index (χ3n) is 2.40. The molecule has 2 rings (SSSR count). The minimum atomic E-state index is -4.30. The summed E-state index contributed by atoms with van der Waals surface area (Å²) in [5.74, 6) is 0. The second kappa shape index (κ2) is 3.68. The zero-order valence-corrected chi connectivity index (χ0v) is 11.3. The van der Waals surface area contributed by atoms with Gasteiger partial charge in [0, 0.05) is 9.92 Å². The van der Waals surface area contributed by atoms with Crippen molar-refractivity contribution in [1.82, 2.24) is 0 Å². The Morgan fingerprint density at radius 2 is 1.94 bits per heavy atom. The Morgan fingerprint density at radius 3 is 2.50 bits per heavy atom. The molecule has 1 aromatic rings. The summed E-state index contributed by atoms with van der Waals surface area (Å²) < 4.78 is 39.3. The predicted molar refractivity (Wildman–Crippen MR) is 65.9 cm³/mol. The Kier molecular flexibility index (Phi) is 2.84. The summed E-state index contributed by atoms with van der Waals surface area (Å²) in [4.78, 5) is 0.544. The highest BCUT2D eigenvalue weighted by atomic mass is 79.9. The molecule has 1 aliphatic heterocycles. The van der Waals surface area contributed by atoms with Crippen LogP contribution in [0.1, 0.15) is 12.5 Å². The molecule has 1 aliphatic rings. The zero-order valence-electron chi connectivity index (χ0n) is 8.11. The van der Waals surface area contributed by atoms with Crippen molar-refractivity contribution >= 4 is 41.0 Å². The van der Waals surface area contributed by atoms with Gasteiger partial charge in [0.25, 0.3) is 0 Å². The van der Waals surface area contributed by atoms with Crippen LogP contribution in [0.4, 0.5) is 13.2 Å². The lowest BCUT2D eigenvalue weighted by atomic mass is 10.2. The first-order chi connectivity index (χ1) is 7.26. The number of hydrogen-bond acceptors (Lipinski definition) is 0. The SMILES string of the molecule is CC1=Cc2ccc(Cl)cc2S1(Br)C(F)(F)F. The molecule has 1 aromatic carbocycles. The van der Waals surface area contributed by atoms with Crippen LogP contribution in [0.5, 0.6) is 0 Å². The van der Waals surface area contributed by atoms with Gasteiger partial charge in [-0.3, -0.25) is 0 Å². The molecule has 0 fully saturated rings. The van der Waals surface area contributed by atoms with E-state index in [4.69, 9.17) is 11.6 Å². The van der Waals surface area contributed by atoms with E-state index in [-0.39, 0.29) is 4.90 Å². The molecular weight excluding hydrogens is 325 g/mol. The molecule has 0 saturated carbocycles. The lowest BCUT2D eigenvalue weighted by Gasteiger charge is -2.33. The van der Waals surface area contributed by atoms with Crippen LogP contribution in [0.3, 0.4) is 0 Å². The monoisotopic (exact) mass is 330 g/mol. The first kappa shape index (κ1) is 12.3. The molecule has 16 heavy (non-hydrogen) atoms. The van der Waals surface area contributed by atoms with Crippen LogP contribution in [-0.2, 0) is 0 Å². The number of fused-ring (bicyclic) bond motifs is 1. The molecule has 0 amide bonds. The first-order valence-electron chi connectivity index (χ1n) is 4.34. The lowest BCUT2D eigenvalue weighted by Crippen LogP contribution is -2.14. The van der Waals surface area contributed by atoms with Crippen molar-refractivity contribution in [3.63, 3.8) is 0 Å². The summed E-state index contributed by atoms with van der Waals surface area (Å²) >= 11 is 8.65. The lowest BCUT2D eigenvalue weighted by molar-refractivity contribution is -0.0355. The highest BCUT2D eigenvalue weighted by molar-refractivity contribution is 9.59. The maximum Gasteiger partial charge on any atom is 0.442 e. The second-order valence-electron chi connectivity index (χ2n) is 3.42. The highest BCUT2D eigenvalue weighted by Gasteiger charge is 2.54. The van der Waals surface area contributed by atoms with Gasteiger partial charge in [-0.05, 0) is 58.9 Å². The van der Waals surface area contributed by atoms with Crippen LogP contribution in [0, 0.1) is 0 Å². The van der Waals surface area contributed by atoms with Gasteiger partial charge in [-0.2, -0.15) is 13.2 Å². The van der Waals surface area contributed by atoms with Crippen molar-refractivity contribution in [3.8, 4) is 0 Å². The molecule has 0 radical (unpaired) electrons. The third-order valence-corrected chi connectivity index (χ3v) is 8.92. The molecule has 0 aromatic heterocycles. The summed E-state index contributed by atoms with van der Waals surface area (Å²) in [6.45, 7) is 1.49. The maximum absolute atomic E-state index is 13.1. The Balaban J connectivity index is 2.69. The van der Waals surface area contributed by atoms with E-state index in [2.05, 4.69) is 14.8 Å². The Hall–Kier alpha value is -0.130. The van der Waals surface area contributed by atoms with Crippen LogP contribution in [0.2, 0.25) is 5.02 Å². The first-order valence-corrected chi connectivity index (χ1v) is 8.19. The van der Waals surface area contributed by atoms with Crippen molar-refractivity contribution in [2.75, 3.05) is 0 Å². The van der Waals surface area contributed by atoms with Gasteiger partial charge in [0.2, 0.25) is 0 Å².